The summed E-state index contributed by atoms with van der Waals surface area (Å²) in [7, 11) is 0. The highest BCUT2D eigenvalue weighted by atomic mass is 79.9. The summed E-state index contributed by atoms with van der Waals surface area (Å²) in [6.45, 7) is 1.09. The van der Waals surface area contributed by atoms with E-state index in [9.17, 15) is 4.79 Å². The zero-order valence-electron chi connectivity index (χ0n) is 12.1. The molecule has 0 aliphatic rings. The molecule has 0 saturated heterocycles. The smallest absolute Gasteiger partial charge is 0.261 e. The Balaban J connectivity index is 1.45. The summed E-state index contributed by atoms with van der Waals surface area (Å²) in [5.41, 5.74) is 0. The Morgan fingerprint density at radius 2 is 2.04 bits per heavy atom. The number of thiophene rings is 1. The van der Waals surface area contributed by atoms with Gasteiger partial charge in [-0.05, 0) is 46.3 Å². The third kappa shape index (κ3) is 4.17. The van der Waals surface area contributed by atoms with E-state index in [0.717, 1.165) is 10.3 Å². The van der Waals surface area contributed by atoms with E-state index in [4.69, 9.17) is 0 Å². The minimum atomic E-state index is -0.0726. The minimum absolute atomic E-state index is 0.0726. The molecule has 8 heteroatoms. The lowest BCUT2D eigenvalue weighted by molar-refractivity contribution is 0.0959. The largest absolute Gasteiger partial charge is 0.367 e. The van der Waals surface area contributed by atoms with Gasteiger partial charge in [0.15, 0.2) is 5.82 Å². The Kier molecular flexibility index (Phi) is 5.04. The van der Waals surface area contributed by atoms with Crippen LogP contribution in [0.5, 0.6) is 0 Å². The Bertz CT molecular complexity index is 770. The number of aromatic nitrogens is 3. The molecule has 0 aromatic carbocycles. The maximum Gasteiger partial charge on any atom is 0.261 e. The Hall–Kier alpha value is -2.19. The summed E-state index contributed by atoms with van der Waals surface area (Å²) in [4.78, 5) is 12.6. The fourth-order valence-corrected chi connectivity index (χ4v) is 3.27. The molecule has 3 heterocycles. The number of halogens is 1. The van der Waals surface area contributed by atoms with Crippen LogP contribution in [0.1, 0.15) is 9.67 Å². The van der Waals surface area contributed by atoms with E-state index in [1.54, 1.807) is 6.07 Å². The van der Waals surface area contributed by atoms with Gasteiger partial charge in [0.05, 0.1) is 4.88 Å². The van der Waals surface area contributed by atoms with Gasteiger partial charge in [-0.25, -0.2) is 0 Å². The van der Waals surface area contributed by atoms with Crippen LogP contribution in [0.2, 0.25) is 0 Å². The molecule has 118 valence electrons. The molecule has 0 radical (unpaired) electrons. The van der Waals surface area contributed by atoms with Gasteiger partial charge in [-0.15, -0.1) is 21.5 Å². The Morgan fingerprint density at radius 1 is 1.22 bits per heavy atom. The standard InChI is InChI=1S/C15H14BrN5OS/c16-11-9-12(23-10-11)15(22)18-6-5-17-13-3-4-14(20-19-13)21-7-1-2-8-21/h1-4,7-10H,5-6H2,(H,17,19)(H,18,22). The van der Waals surface area contributed by atoms with Crippen LogP contribution in [0.3, 0.4) is 0 Å². The van der Waals surface area contributed by atoms with Gasteiger partial charge in [0.2, 0.25) is 0 Å². The monoisotopic (exact) mass is 391 g/mol. The first-order valence-corrected chi connectivity index (χ1v) is 8.63. The van der Waals surface area contributed by atoms with Crippen LogP contribution in [-0.4, -0.2) is 33.8 Å². The SMILES string of the molecule is O=C(NCCNc1ccc(-n2cccc2)nn1)c1cc(Br)cs1. The van der Waals surface area contributed by atoms with Crippen molar-refractivity contribution in [1.29, 1.82) is 0 Å². The van der Waals surface area contributed by atoms with Crippen molar-refractivity contribution in [3.05, 3.63) is 57.5 Å². The number of rotatable bonds is 6. The molecule has 0 bridgehead atoms. The fourth-order valence-electron chi connectivity index (χ4n) is 1.93. The molecule has 23 heavy (non-hydrogen) atoms. The quantitative estimate of drug-likeness (QED) is 0.633. The lowest BCUT2D eigenvalue weighted by Gasteiger charge is -2.07. The number of amides is 1. The van der Waals surface area contributed by atoms with E-state index < -0.39 is 0 Å². The molecule has 1 amide bonds. The van der Waals surface area contributed by atoms with Gasteiger partial charge in [0.25, 0.3) is 5.91 Å². The van der Waals surface area contributed by atoms with Crippen molar-refractivity contribution in [2.75, 3.05) is 18.4 Å². The molecule has 0 fully saturated rings. The molecule has 6 nitrogen and oxygen atoms in total. The average molecular weight is 392 g/mol. The molecule has 0 saturated carbocycles. The fraction of sp³-hybridized carbons (Fsp3) is 0.133. The van der Waals surface area contributed by atoms with Gasteiger partial charge in [-0.1, -0.05) is 0 Å². The second-order valence-electron chi connectivity index (χ2n) is 4.68. The molecule has 0 aliphatic heterocycles. The third-order valence-corrected chi connectivity index (χ3v) is 4.72. The highest BCUT2D eigenvalue weighted by Gasteiger charge is 2.07. The zero-order valence-corrected chi connectivity index (χ0v) is 14.5. The van der Waals surface area contributed by atoms with Crippen molar-refractivity contribution >= 4 is 39.0 Å². The van der Waals surface area contributed by atoms with Gasteiger partial charge in [0.1, 0.15) is 5.82 Å². The average Bonchev–Trinajstić information content (AvgIpc) is 3.23. The Morgan fingerprint density at radius 3 is 2.70 bits per heavy atom. The molecule has 0 atom stereocenters. The van der Waals surface area contributed by atoms with Crippen molar-refractivity contribution in [1.82, 2.24) is 20.1 Å². The predicted octanol–water partition coefficient (Wildman–Crippen LogP) is 2.93. The van der Waals surface area contributed by atoms with Crippen molar-refractivity contribution in [2.45, 2.75) is 0 Å². The van der Waals surface area contributed by atoms with Crippen molar-refractivity contribution in [2.24, 2.45) is 0 Å². The molecular formula is C15H14BrN5OS. The van der Waals surface area contributed by atoms with Gasteiger partial charge in [-0.3, -0.25) is 4.79 Å². The van der Waals surface area contributed by atoms with Crippen LogP contribution in [0.4, 0.5) is 5.82 Å². The van der Waals surface area contributed by atoms with E-state index in [2.05, 4.69) is 36.8 Å². The van der Waals surface area contributed by atoms with Crippen LogP contribution < -0.4 is 10.6 Å². The summed E-state index contributed by atoms with van der Waals surface area (Å²) >= 11 is 4.74. The van der Waals surface area contributed by atoms with Crippen LogP contribution in [0.25, 0.3) is 5.82 Å². The number of carbonyl (C=O) groups is 1. The minimum Gasteiger partial charge on any atom is -0.367 e. The lowest BCUT2D eigenvalue weighted by Crippen LogP contribution is -2.28. The number of hydrogen-bond acceptors (Lipinski definition) is 5. The number of nitrogens with one attached hydrogen (secondary N) is 2. The first-order chi connectivity index (χ1) is 11.2. The number of nitrogens with zero attached hydrogens (tertiary/aromatic N) is 3. The normalized spacial score (nSPS) is 10.5. The van der Waals surface area contributed by atoms with E-state index in [-0.39, 0.29) is 5.91 Å². The second-order valence-corrected chi connectivity index (χ2v) is 6.51. The second kappa shape index (κ2) is 7.38. The summed E-state index contributed by atoms with van der Waals surface area (Å²) < 4.78 is 2.81. The third-order valence-electron chi connectivity index (χ3n) is 3.03. The summed E-state index contributed by atoms with van der Waals surface area (Å²) in [5, 5.41) is 16.1. The van der Waals surface area contributed by atoms with E-state index >= 15 is 0 Å². The predicted molar refractivity (Wildman–Crippen MR) is 94.2 cm³/mol. The molecule has 3 aromatic rings. The summed E-state index contributed by atoms with van der Waals surface area (Å²) in [5.74, 6) is 1.36. The highest BCUT2D eigenvalue weighted by molar-refractivity contribution is 9.10. The zero-order chi connectivity index (χ0) is 16.1. The molecule has 3 rings (SSSR count). The van der Waals surface area contributed by atoms with E-state index in [1.807, 2.05) is 46.6 Å². The van der Waals surface area contributed by atoms with Gasteiger partial charge in [0, 0.05) is 35.3 Å². The summed E-state index contributed by atoms with van der Waals surface area (Å²) in [6, 6.07) is 9.42. The molecule has 0 unspecified atom stereocenters. The van der Waals surface area contributed by atoms with E-state index in [0.29, 0.717) is 23.8 Å². The first-order valence-electron chi connectivity index (χ1n) is 6.95. The molecule has 0 aliphatic carbocycles. The van der Waals surface area contributed by atoms with Gasteiger partial charge >= 0.3 is 0 Å². The van der Waals surface area contributed by atoms with Crippen molar-refractivity contribution < 1.29 is 4.79 Å². The van der Waals surface area contributed by atoms with Gasteiger partial charge in [-0.2, -0.15) is 0 Å². The van der Waals surface area contributed by atoms with Crippen molar-refractivity contribution in [3.8, 4) is 5.82 Å². The first kappa shape index (κ1) is 15.7. The van der Waals surface area contributed by atoms with Crippen LogP contribution in [0.15, 0.2) is 52.6 Å². The molecule has 2 N–H and O–H groups in total. The number of hydrogen-bond donors (Lipinski definition) is 2. The highest BCUT2D eigenvalue weighted by Crippen LogP contribution is 2.19. The molecule has 3 aromatic heterocycles. The van der Waals surface area contributed by atoms with Gasteiger partial charge < -0.3 is 15.2 Å². The number of carbonyl (C=O) groups excluding carboxylic acids is 1. The maximum absolute atomic E-state index is 11.9. The molecular weight excluding hydrogens is 378 g/mol. The maximum atomic E-state index is 11.9. The van der Waals surface area contributed by atoms with Crippen LogP contribution in [-0.2, 0) is 0 Å². The summed E-state index contributed by atoms with van der Waals surface area (Å²) in [6.07, 6.45) is 3.82. The van der Waals surface area contributed by atoms with Crippen LogP contribution >= 0.6 is 27.3 Å². The molecule has 0 spiro atoms. The topological polar surface area (TPSA) is 71.8 Å². The lowest BCUT2D eigenvalue weighted by atomic mass is 10.4. The van der Waals surface area contributed by atoms with Crippen molar-refractivity contribution in [3.63, 3.8) is 0 Å². The van der Waals surface area contributed by atoms with Crippen LogP contribution in [0, 0.1) is 0 Å². The van der Waals surface area contributed by atoms with E-state index in [1.165, 1.54) is 11.3 Å². The Labute approximate surface area is 145 Å². The number of anilines is 1.